The Balaban J connectivity index is 1.46. The fourth-order valence-corrected chi connectivity index (χ4v) is 2.77. The molecule has 20 heavy (non-hydrogen) atoms. The van der Waals surface area contributed by atoms with Crippen molar-refractivity contribution >= 4 is 0 Å². The summed E-state index contributed by atoms with van der Waals surface area (Å²) in [6, 6.07) is 0. The summed E-state index contributed by atoms with van der Waals surface area (Å²) < 4.78 is 22.4. The van der Waals surface area contributed by atoms with Gasteiger partial charge in [0, 0.05) is 31.5 Å². The Morgan fingerprint density at radius 2 is 2.10 bits per heavy atom. The van der Waals surface area contributed by atoms with Gasteiger partial charge in [-0.25, -0.2) is 0 Å². The molecule has 1 atom stereocenters. The summed E-state index contributed by atoms with van der Waals surface area (Å²) in [5, 5.41) is 7.35. The standard InChI is InChI=1S/C14H22N2O4/c1-10-13(11(2)20-16-10)8-15-7-12-9-18-14(19-12)3-5-17-6-4-14/h12,15H,3-9H2,1-2H3/t12-/m1/s1. The molecular formula is C14H22N2O4. The van der Waals surface area contributed by atoms with E-state index in [2.05, 4.69) is 10.5 Å². The van der Waals surface area contributed by atoms with Crippen LogP contribution in [0.3, 0.4) is 0 Å². The molecule has 0 unspecified atom stereocenters. The van der Waals surface area contributed by atoms with Crippen molar-refractivity contribution in [3.05, 3.63) is 17.0 Å². The molecule has 1 spiro atoms. The number of nitrogens with one attached hydrogen (secondary N) is 1. The van der Waals surface area contributed by atoms with Crippen molar-refractivity contribution < 1.29 is 18.7 Å². The van der Waals surface area contributed by atoms with Crippen LogP contribution in [0.5, 0.6) is 0 Å². The molecule has 0 radical (unpaired) electrons. The highest BCUT2D eigenvalue weighted by molar-refractivity contribution is 5.20. The van der Waals surface area contributed by atoms with Gasteiger partial charge in [0.2, 0.25) is 0 Å². The molecule has 112 valence electrons. The largest absolute Gasteiger partial charge is 0.381 e. The van der Waals surface area contributed by atoms with E-state index in [0.29, 0.717) is 6.61 Å². The predicted octanol–water partition coefficient (Wildman–Crippen LogP) is 1.30. The molecule has 6 heteroatoms. The molecule has 1 aromatic rings. The molecule has 2 aliphatic rings. The third kappa shape index (κ3) is 2.88. The van der Waals surface area contributed by atoms with Crippen LogP contribution in [0.25, 0.3) is 0 Å². The van der Waals surface area contributed by atoms with Gasteiger partial charge in [-0.1, -0.05) is 5.16 Å². The first-order valence-electron chi connectivity index (χ1n) is 7.20. The van der Waals surface area contributed by atoms with E-state index in [9.17, 15) is 0 Å². The lowest BCUT2D eigenvalue weighted by molar-refractivity contribution is -0.210. The third-order valence-corrected chi connectivity index (χ3v) is 4.02. The highest BCUT2D eigenvalue weighted by atomic mass is 16.7. The summed E-state index contributed by atoms with van der Waals surface area (Å²) in [7, 11) is 0. The van der Waals surface area contributed by atoms with E-state index in [1.807, 2.05) is 13.8 Å². The first-order chi connectivity index (χ1) is 9.69. The van der Waals surface area contributed by atoms with Crippen molar-refractivity contribution in [3.8, 4) is 0 Å². The zero-order valence-electron chi connectivity index (χ0n) is 12.1. The van der Waals surface area contributed by atoms with Crippen LogP contribution in [-0.4, -0.2) is 43.4 Å². The second-order valence-corrected chi connectivity index (χ2v) is 5.51. The van der Waals surface area contributed by atoms with Gasteiger partial charge >= 0.3 is 0 Å². The van der Waals surface area contributed by atoms with Gasteiger partial charge in [0.15, 0.2) is 5.79 Å². The SMILES string of the molecule is Cc1noc(C)c1CNC[C@@H]1COC2(CCOCC2)O1. The van der Waals surface area contributed by atoms with Crippen LogP contribution in [0, 0.1) is 13.8 Å². The maximum Gasteiger partial charge on any atom is 0.173 e. The van der Waals surface area contributed by atoms with Crippen molar-refractivity contribution in [2.45, 2.75) is 45.1 Å². The minimum Gasteiger partial charge on any atom is -0.381 e. The highest BCUT2D eigenvalue weighted by Crippen LogP contribution is 2.32. The number of aromatic nitrogens is 1. The van der Waals surface area contributed by atoms with Crippen LogP contribution in [0.4, 0.5) is 0 Å². The van der Waals surface area contributed by atoms with Crippen LogP contribution >= 0.6 is 0 Å². The summed E-state index contributed by atoms with van der Waals surface area (Å²) in [5.74, 6) is 0.479. The minimum absolute atomic E-state index is 0.105. The van der Waals surface area contributed by atoms with Crippen LogP contribution in [0.15, 0.2) is 4.52 Å². The van der Waals surface area contributed by atoms with Crippen LogP contribution in [0.2, 0.25) is 0 Å². The van der Waals surface area contributed by atoms with Gasteiger partial charge in [-0.2, -0.15) is 0 Å². The summed E-state index contributed by atoms with van der Waals surface area (Å²) >= 11 is 0. The van der Waals surface area contributed by atoms with E-state index >= 15 is 0 Å². The fraction of sp³-hybridized carbons (Fsp3) is 0.786. The van der Waals surface area contributed by atoms with Gasteiger partial charge < -0.3 is 24.1 Å². The normalized spacial score (nSPS) is 25.4. The lowest BCUT2D eigenvalue weighted by Gasteiger charge is -2.31. The Morgan fingerprint density at radius 3 is 2.80 bits per heavy atom. The molecule has 3 rings (SSSR count). The Bertz CT molecular complexity index is 435. The number of rotatable bonds is 4. The van der Waals surface area contributed by atoms with Gasteiger partial charge in [0.25, 0.3) is 0 Å². The molecule has 2 saturated heterocycles. The molecule has 2 fully saturated rings. The molecule has 0 aliphatic carbocycles. The maximum atomic E-state index is 6.07. The molecule has 6 nitrogen and oxygen atoms in total. The average Bonchev–Trinajstić information content (AvgIpc) is 2.98. The number of ether oxygens (including phenoxy) is 3. The molecule has 2 aliphatic heterocycles. The second-order valence-electron chi connectivity index (χ2n) is 5.51. The molecule has 0 saturated carbocycles. The third-order valence-electron chi connectivity index (χ3n) is 4.02. The van der Waals surface area contributed by atoms with Crippen LogP contribution in [0.1, 0.15) is 29.9 Å². The molecule has 1 aromatic heterocycles. The van der Waals surface area contributed by atoms with E-state index in [1.54, 1.807) is 0 Å². The van der Waals surface area contributed by atoms with E-state index < -0.39 is 5.79 Å². The van der Waals surface area contributed by atoms with E-state index in [-0.39, 0.29) is 6.10 Å². The summed E-state index contributed by atoms with van der Waals surface area (Å²) in [4.78, 5) is 0. The topological polar surface area (TPSA) is 65.8 Å². The maximum absolute atomic E-state index is 6.07. The second kappa shape index (κ2) is 5.81. The zero-order valence-corrected chi connectivity index (χ0v) is 12.1. The smallest absolute Gasteiger partial charge is 0.173 e. The Kier molecular flexibility index (Phi) is 4.07. The summed E-state index contributed by atoms with van der Waals surface area (Å²) in [6.45, 7) is 7.50. The number of hydrogen-bond donors (Lipinski definition) is 1. The van der Waals surface area contributed by atoms with Crippen LogP contribution in [-0.2, 0) is 20.8 Å². The Labute approximate surface area is 118 Å². The number of aryl methyl sites for hydroxylation is 2. The number of nitrogens with zero attached hydrogens (tertiary/aromatic N) is 1. The average molecular weight is 282 g/mol. The van der Waals surface area contributed by atoms with Crippen molar-refractivity contribution in [2.24, 2.45) is 0 Å². The molecular weight excluding hydrogens is 260 g/mol. The highest BCUT2D eigenvalue weighted by Gasteiger charge is 2.42. The monoisotopic (exact) mass is 282 g/mol. The molecule has 1 N–H and O–H groups in total. The van der Waals surface area contributed by atoms with Gasteiger partial charge in [0.1, 0.15) is 5.76 Å². The molecule has 3 heterocycles. The van der Waals surface area contributed by atoms with Crippen molar-refractivity contribution in [3.63, 3.8) is 0 Å². The molecule has 0 bridgehead atoms. The zero-order chi connectivity index (χ0) is 14.0. The first kappa shape index (κ1) is 14.0. The van der Waals surface area contributed by atoms with Crippen molar-refractivity contribution in [1.29, 1.82) is 0 Å². The lowest BCUT2D eigenvalue weighted by Crippen LogP contribution is -2.39. The van der Waals surface area contributed by atoms with Gasteiger partial charge in [-0.15, -0.1) is 0 Å². The predicted molar refractivity (Wildman–Crippen MR) is 71.3 cm³/mol. The molecule has 0 aromatic carbocycles. The lowest BCUT2D eigenvalue weighted by atomic mass is 10.1. The quantitative estimate of drug-likeness (QED) is 0.898. The van der Waals surface area contributed by atoms with Gasteiger partial charge in [-0.3, -0.25) is 0 Å². The van der Waals surface area contributed by atoms with Crippen LogP contribution < -0.4 is 5.32 Å². The van der Waals surface area contributed by atoms with E-state index in [0.717, 1.165) is 56.2 Å². The summed E-state index contributed by atoms with van der Waals surface area (Å²) in [5.41, 5.74) is 2.07. The van der Waals surface area contributed by atoms with Gasteiger partial charge in [-0.05, 0) is 13.8 Å². The van der Waals surface area contributed by atoms with Crippen molar-refractivity contribution in [2.75, 3.05) is 26.4 Å². The van der Waals surface area contributed by atoms with Crippen molar-refractivity contribution in [1.82, 2.24) is 10.5 Å². The minimum atomic E-state index is -0.395. The van der Waals surface area contributed by atoms with E-state index in [1.165, 1.54) is 0 Å². The fourth-order valence-electron chi connectivity index (χ4n) is 2.77. The van der Waals surface area contributed by atoms with E-state index in [4.69, 9.17) is 18.7 Å². The van der Waals surface area contributed by atoms with Gasteiger partial charge in [0.05, 0.1) is 31.6 Å². The number of hydrogen-bond acceptors (Lipinski definition) is 6. The Morgan fingerprint density at radius 1 is 1.30 bits per heavy atom. The molecule has 0 amide bonds. The first-order valence-corrected chi connectivity index (χ1v) is 7.20. The summed E-state index contributed by atoms with van der Waals surface area (Å²) in [6.07, 6.45) is 1.76. The Hall–Kier alpha value is -0.950.